The maximum absolute atomic E-state index is 12.9. The van der Waals surface area contributed by atoms with Gasteiger partial charge in [0.2, 0.25) is 5.91 Å². The second-order valence-electron chi connectivity index (χ2n) is 6.68. The lowest BCUT2D eigenvalue weighted by molar-refractivity contribution is -0.132. The molecular formula is C21H27ClN2O. The molecule has 1 aliphatic carbocycles. The molecule has 1 saturated carbocycles. The van der Waals surface area contributed by atoms with E-state index in [1.165, 1.54) is 18.4 Å². The van der Waals surface area contributed by atoms with E-state index in [9.17, 15) is 4.79 Å². The number of carbonyl (C=O) groups is 1. The minimum absolute atomic E-state index is 0. The summed E-state index contributed by atoms with van der Waals surface area (Å²) in [4.78, 5) is 15.0. The van der Waals surface area contributed by atoms with Gasteiger partial charge in [0.25, 0.3) is 0 Å². The third-order valence-electron chi connectivity index (χ3n) is 4.91. The van der Waals surface area contributed by atoms with Crippen LogP contribution in [0.15, 0.2) is 54.6 Å². The van der Waals surface area contributed by atoms with E-state index in [4.69, 9.17) is 5.73 Å². The quantitative estimate of drug-likeness (QED) is 0.785. The molecule has 1 fully saturated rings. The highest BCUT2D eigenvalue weighted by Crippen LogP contribution is 2.24. The summed E-state index contributed by atoms with van der Waals surface area (Å²) in [6, 6.07) is 18.5. The van der Waals surface area contributed by atoms with Gasteiger partial charge in [0.1, 0.15) is 0 Å². The predicted octanol–water partition coefficient (Wildman–Crippen LogP) is 4.25. The molecule has 2 N–H and O–H groups in total. The first kappa shape index (κ1) is 19.3. The van der Waals surface area contributed by atoms with Crippen molar-refractivity contribution in [3.8, 4) is 0 Å². The first-order valence-corrected chi connectivity index (χ1v) is 8.90. The van der Waals surface area contributed by atoms with Gasteiger partial charge in [0, 0.05) is 18.3 Å². The molecule has 2 aromatic carbocycles. The molecule has 0 heterocycles. The number of carbonyl (C=O) groups excluding carboxylic acids is 1. The molecule has 1 aliphatic rings. The molecule has 0 aliphatic heterocycles. The summed E-state index contributed by atoms with van der Waals surface area (Å²) in [5, 5.41) is 0. The van der Waals surface area contributed by atoms with E-state index in [0.717, 1.165) is 37.1 Å². The summed E-state index contributed by atoms with van der Waals surface area (Å²) < 4.78 is 0. The highest BCUT2D eigenvalue weighted by Gasteiger charge is 2.26. The van der Waals surface area contributed by atoms with Crippen molar-refractivity contribution in [2.24, 2.45) is 0 Å². The van der Waals surface area contributed by atoms with Gasteiger partial charge < -0.3 is 10.6 Å². The number of nitrogens with zero attached hydrogens (tertiary/aromatic N) is 1. The van der Waals surface area contributed by atoms with E-state index in [-0.39, 0.29) is 18.3 Å². The molecule has 25 heavy (non-hydrogen) atoms. The minimum atomic E-state index is 0. The van der Waals surface area contributed by atoms with E-state index < -0.39 is 0 Å². The SMILES string of the molecule is Cl.Nc1ccc(CC(=O)N(CCc2ccccc2)C2CCCC2)cc1. The Kier molecular flexibility index (Phi) is 7.32. The fourth-order valence-electron chi connectivity index (χ4n) is 3.53. The second kappa shape index (κ2) is 9.47. The Morgan fingerprint density at radius 3 is 2.24 bits per heavy atom. The third kappa shape index (κ3) is 5.50. The number of halogens is 1. The number of rotatable bonds is 6. The predicted molar refractivity (Wildman–Crippen MR) is 106 cm³/mol. The van der Waals surface area contributed by atoms with Crippen LogP contribution in [0.25, 0.3) is 0 Å². The first-order chi connectivity index (χ1) is 11.7. The number of nitrogen functional groups attached to an aromatic ring is 1. The van der Waals surface area contributed by atoms with Crippen LogP contribution < -0.4 is 5.73 Å². The van der Waals surface area contributed by atoms with Gasteiger partial charge in [-0.1, -0.05) is 55.3 Å². The first-order valence-electron chi connectivity index (χ1n) is 8.90. The van der Waals surface area contributed by atoms with Crippen molar-refractivity contribution in [3.05, 3.63) is 65.7 Å². The summed E-state index contributed by atoms with van der Waals surface area (Å²) >= 11 is 0. The molecule has 0 saturated heterocycles. The average Bonchev–Trinajstić information content (AvgIpc) is 3.12. The largest absolute Gasteiger partial charge is 0.399 e. The molecule has 3 rings (SSSR count). The highest BCUT2D eigenvalue weighted by molar-refractivity contribution is 5.85. The number of benzene rings is 2. The molecule has 1 amide bonds. The topological polar surface area (TPSA) is 46.3 Å². The molecule has 134 valence electrons. The zero-order valence-electron chi connectivity index (χ0n) is 14.6. The van der Waals surface area contributed by atoms with E-state index in [1.54, 1.807) is 0 Å². The van der Waals surface area contributed by atoms with Crippen molar-refractivity contribution in [1.82, 2.24) is 4.90 Å². The van der Waals surface area contributed by atoms with Gasteiger partial charge in [-0.15, -0.1) is 12.4 Å². The van der Waals surface area contributed by atoms with Crippen molar-refractivity contribution < 1.29 is 4.79 Å². The molecule has 0 atom stereocenters. The van der Waals surface area contributed by atoms with Crippen LogP contribution in [0.2, 0.25) is 0 Å². The molecule has 0 aromatic heterocycles. The van der Waals surface area contributed by atoms with E-state index in [0.29, 0.717) is 12.5 Å². The van der Waals surface area contributed by atoms with Crippen molar-refractivity contribution in [2.45, 2.75) is 44.6 Å². The number of anilines is 1. The van der Waals surface area contributed by atoms with Gasteiger partial charge in [-0.25, -0.2) is 0 Å². The summed E-state index contributed by atoms with van der Waals surface area (Å²) in [6.07, 6.45) is 6.14. The van der Waals surface area contributed by atoms with Crippen LogP contribution in [-0.4, -0.2) is 23.4 Å². The summed E-state index contributed by atoms with van der Waals surface area (Å²) in [6.45, 7) is 0.808. The van der Waals surface area contributed by atoms with Crippen molar-refractivity contribution in [2.75, 3.05) is 12.3 Å². The Morgan fingerprint density at radius 2 is 1.60 bits per heavy atom. The standard InChI is InChI=1S/C21H26N2O.ClH/c22-19-12-10-18(11-13-19)16-21(24)23(20-8-4-5-9-20)15-14-17-6-2-1-3-7-17;/h1-3,6-7,10-13,20H,4-5,8-9,14-16,22H2;1H. The van der Waals surface area contributed by atoms with E-state index >= 15 is 0 Å². The molecule has 0 spiro atoms. The Balaban J connectivity index is 0.00000225. The molecule has 0 bridgehead atoms. The lowest BCUT2D eigenvalue weighted by Gasteiger charge is -2.29. The van der Waals surface area contributed by atoms with E-state index in [1.807, 2.05) is 30.3 Å². The van der Waals surface area contributed by atoms with Crippen LogP contribution in [0.5, 0.6) is 0 Å². The molecule has 0 radical (unpaired) electrons. The molecule has 3 nitrogen and oxygen atoms in total. The van der Waals surface area contributed by atoms with Crippen molar-refractivity contribution in [1.29, 1.82) is 0 Å². The minimum Gasteiger partial charge on any atom is -0.399 e. The van der Waals surface area contributed by atoms with Crippen LogP contribution in [0, 0.1) is 0 Å². The van der Waals surface area contributed by atoms with Crippen molar-refractivity contribution in [3.63, 3.8) is 0 Å². The number of hydrogen-bond donors (Lipinski definition) is 1. The Hall–Kier alpha value is -2.00. The van der Waals surface area contributed by atoms with Gasteiger partial charge >= 0.3 is 0 Å². The van der Waals surface area contributed by atoms with E-state index in [2.05, 4.69) is 29.2 Å². The van der Waals surface area contributed by atoms with Crippen LogP contribution >= 0.6 is 12.4 Å². The highest BCUT2D eigenvalue weighted by atomic mass is 35.5. The average molecular weight is 359 g/mol. The lowest BCUT2D eigenvalue weighted by Crippen LogP contribution is -2.41. The number of hydrogen-bond acceptors (Lipinski definition) is 2. The fourth-order valence-corrected chi connectivity index (χ4v) is 3.53. The maximum Gasteiger partial charge on any atom is 0.227 e. The van der Waals surface area contributed by atoms with Gasteiger partial charge in [0.15, 0.2) is 0 Å². The third-order valence-corrected chi connectivity index (χ3v) is 4.91. The summed E-state index contributed by atoms with van der Waals surface area (Å²) in [7, 11) is 0. The normalized spacial score (nSPS) is 14.1. The van der Waals surface area contributed by atoms with Crippen LogP contribution in [-0.2, 0) is 17.6 Å². The number of nitrogens with two attached hydrogens (primary N) is 1. The Morgan fingerprint density at radius 1 is 0.960 bits per heavy atom. The number of amides is 1. The van der Waals surface area contributed by atoms with Gasteiger partial charge in [-0.3, -0.25) is 4.79 Å². The second-order valence-corrected chi connectivity index (χ2v) is 6.68. The van der Waals surface area contributed by atoms with Crippen LogP contribution in [0.3, 0.4) is 0 Å². The Labute approximate surface area is 156 Å². The zero-order valence-corrected chi connectivity index (χ0v) is 15.4. The van der Waals surface area contributed by atoms with Gasteiger partial charge in [-0.05, 0) is 42.5 Å². The molecule has 2 aromatic rings. The Bertz CT molecular complexity index is 651. The lowest BCUT2D eigenvalue weighted by atomic mass is 10.1. The molecular weight excluding hydrogens is 332 g/mol. The summed E-state index contributed by atoms with van der Waals surface area (Å²) in [5.74, 6) is 0.239. The van der Waals surface area contributed by atoms with Crippen LogP contribution in [0.4, 0.5) is 5.69 Å². The zero-order chi connectivity index (χ0) is 16.8. The van der Waals surface area contributed by atoms with Gasteiger partial charge in [0.05, 0.1) is 6.42 Å². The monoisotopic (exact) mass is 358 g/mol. The smallest absolute Gasteiger partial charge is 0.227 e. The van der Waals surface area contributed by atoms with Gasteiger partial charge in [-0.2, -0.15) is 0 Å². The molecule has 0 unspecified atom stereocenters. The fraction of sp³-hybridized carbons (Fsp3) is 0.381. The van der Waals surface area contributed by atoms with Crippen molar-refractivity contribution >= 4 is 24.0 Å². The van der Waals surface area contributed by atoms with Crippen LogP contribution in [0.1, 0.15) is 36.8 Å². The molecule has 4 heteroatoms. The summed E-state index contributed by atoms with van der Waals surface area (Å²) in [5.41, 5.74) is 8.80. The maximum atomic E-state index is 12.9.